The molecule has 24 heavy (non-hydrogen) atoms. The molecule has 1 aromatic heterocycles. The number of benzene rings is 1. The van der Waals surface area contributed by atoms with Crippen LogP contribution in [0.2, 0.25) is 0 Å². The average molecular weight is 343 g/mol. The van der Waals surface area contributed by atoms with Crippen molar-refractivity contribution in [3.8, 4) is 11.3 Å². The van der Waals surface area contributed by atoms with E-state index in [-0.39, 0.29) is 0 Å². The third kappa shape index (κ3) is 3.42. The standard InChI is InChI=1S/C19H26N4S/c20-19-22-17(13-24-19)14-6-8-16(9-7-14)21-12-15-4-3-11-23-10-2-1-5-18(15)23/h6-9,13,15,18,21H,1-5,10-12H2,(H2,20,22). The summed E-state index contributed by atoms with van der Waals surface area (Å²) in [6.07, 6.45) is 6.90. The molecule has 2 aliphatic heterocycles. The van der Waals surface area contributed by atoms with Crippen molar-refractivity contribution in [1.29, 1.82) is 0 Å². The topological polar surface area (TPSA) is 54.2 Å². The number of anilines is 2. The van der Waals surface area contributed by atoms with Crippen molar-refractivity contribution in [3.05, 3.63) is 29.6 Å². The van der Waals surface area contributed by atoms with E-state index in [1.54, 1.807) is 0 Å². The van der Waals surface area contributed by atoms with E-state index in [9.17, 15) is 0 Å². The first-order valence-electron chi connectivity index (χ1n) is 9.09. The highest BCUT2D eigenvalue weighted by Crippen LogP contribution is 2.31. The van der Waals surface area contributed by atoms with Crippen LogP contribution in [-0.2, 0) is 0 Å². The molecular weight excluding hydrogens is 316 g/mol. The van der Waals surface area contributed by atoms with Crippen molar-refractivity contribution < 1.29 is 0 Å². The second kappa shape index (κ2) is 7.11. The second-order valence-corrected chi connectivity index (χ2v) is 7.92. The lowest BCUT2D eigenvalue weighted by atomic mass is 9.83. The molecule has 2 aromatic rings. The molecule has 0 amide bonds. The zero-order valence-electron chi connectivity index (χ0n) is 14.1. The summed E-state index contributed by atoms with van der Waals surface area (Å²) in [5, 5.41) is 6.30. The number of nitrogen functional groups attached to an aromatic ring is 1. The molecule has 0 spiro atoms. The predicted octanol–water partition coefficient (Wildman–Crippen LogP) is 4.07. The average Bonchev–Trinajstić information content (AvgIpc) is 3.07. The van der Waals surface area contributed by atoms with Crippen molar-refractivity contribution in [2.45, 2.75) is 38.1 Å². The van der Waals surface area contributed by atoms with E-state index in [0.717, 1.165) is 29.8 Å². The summed E-state index contributed by atoms with van der Waals surface area (Å²) in [4.78, 5) is 7.08. The molecule has 0 aliphatic carbocycles. The maximum absolute atomic E-state index is 5.72. The Morgan fingerprint density at radius 3 is 2.75 bits per heavy atom. The molecule has 2 unspecified atom stereocenters. The van der Waals surface area contributed by atoms with Gasteiger partial charge < -0.3 is 16.0 Å². The molecule has 3 N–H and O–H groups in total. The minimum Gasteiger partial charge on any atom is -0.385 e. The van der Waals surface area contributed by atoms with Gasteiger partial charge in [0.2, 0.25) is 0 Å². The van der Waals surface area contributed by atoms with Crippen LogP contribution in [0.4, 0.5) is 10.8 Å². The second-order valence-electron chi connectivity index (χ2n) is 7.03. The van der Waals surface area contributed by atoms with Gasteiger partial charge in [-0.3, -0.25) is 0 Å². The zero-order valence-corrected chi connectivity index (χ0v) is 14.9. The number of fused-ring (bicyclic) bond motifs is 1. The number of nitrogens with zero attached hydrogens (tertiary/aromatic N) is 2. The normalized spacial score (nSPS) is 24.5. The van der Waals surface area contributed by atoms with Gasteiger partial charge in [0.1, 0.15) is 0 Å². The molecule has 2 aliphatic rings. The number of thiazole rings is 1. The van der Waals surface area contributed by atoms with Crippen molar-refractivity contribution >= 4 is 22.2 Å². The van der Waals surface area contributed by atoms with Crippen molar-refractivity contribution in [2.24, 2.45) is 5.92 Å². The van der Waals surface area contributed by atoms with Crippen LogP contribution in [0.5, 0.6) is 0 Å². The Morgan fingerprint density at radius 2 is 1.96 bits per heavy atom. The Balaban J connectivity index is 1.37. The smallest absolute Gasteiger partial charge is 0.180 e. The van der Waals surface area contributed by atoms with Crippen LogP contribution >= 0.6 is 11.3 Å². The van der Waals surface area contributed by atoms with Gasteiger partial charge >= 0.3 is 0 Å². The first-order chi connectivity index (χ1) is 11.8. The summed E-state index contributed by atoms with van der Waals surface area (Å²) in [6, 6.07) is 9.38. The monoisotopic (exact) mass is 342 g/mol. The van der Waals surface area contributed by atoms with Gasteiger partial charge in [-0.05, 0) is 56.8 Å². The van der Waals surface area contributed by atoms with E-state index >= 15 is 0 Å². The first kappa shape index (κ1) is 15.9. The van der Waals surface area contributed by atoms with Crippen LogP contribution in [0.25, 0.3) is 11.3 Å². The number of hydrogen-bond donors (Lipinski definition) is 2. The molecule has 0 radical (unpaired) electrons. The maximum atomic E-state index is 5.72. The van der Waals surface area contributed by atoms with Crippen molar-refractivity contribution in [2.75, 3.05) is 30.7 Å². The van der Waals surface area contributed by atoms with E-state index in [1.165, 1.54) is 62.2 Å². The number of nitrogens with two attached hydrogens (primary N) is 1. The maximum Gasteiger partial charge on any atom is 0.180 e. The van der Waals surface area contributed by atoms with Crippen molar-refractivity contribution in [1.82, 2.24) is 9.88 Å². The Kier molecular flexibility index (Phi) is 4.72. The molecule has 128 valence electrons. The van der Waals surface area contributed by atoms with Crippen LogP contribution in [0, 0.1) is 5.92 Å². The first-order valence-corrected chi connectivity index (χ1v) is 9.97. The Labute approximate surface area is 148 Å². The quantitative estimate of drug-likeness (QED) is 0.879. The number of hydrogen-bond acceptors (Lipinski definition) is 5. The lowest BCUT2D eigenvalue weighted by Crippen LogP contribution is -2.49. The fraction of sp³-hybridized carbons (Fsp3) is 0.526. The highest BCUT2D eigenvalue weighted by Gasteiger charge is 2.32. The van der Waals surface area contributed by atoms with E-state index in [1.807, 2.05) is 5.38 Å². The molecule has 2 atom stereocenters. The fourth-order valence-electron chi connectivity index (χ4n) is 4.24. The minimum absolute atomic E-state index is 0.626. The Morgan fingerprint density at radius 1 is 1.12 bits per heavy atom. The Bertz CT molecular complexity index is 664. The highest BCUT2D eigenvalue weighted by atomic mass is 32.1. The number of aromatic nitrogens is 1. The molecule has 4 nitrogen and oxygen atoms in total. The van der Waals surface area contributed by atoms with E-state index in [0.29, 0.717) is 5.13 Å². The lowest BCUT2D eigenvalue weighted by Gasteiger charge is -2.44. The number of nitrogens with one attached hydrogen (secondary N) is 1. The molecular formula is C19H26N4S. The summed E-state index contributed by atoms with van der Waals surface area (Å²) in [5.74, 6) is 0.789. The van der Waals surface area contributed by atoms with Crippen LogP contribution < -0.4 is 11.1 Å². The highest BCUT2D eigenvalue weighted by molar-refractivity contribution is 7.13. The summed E-state index contributed by atoms with van der Waals surface area (Å²) < 4.78 is 0. The van der Waals surface area contributed by atoms with Crippen LogP contribution in [0.3, 0.4) is 0 Å². The van der Waals surface area contributed by atoms with E-state index < -0.39 is 0 Å². The zero-order chi connectivity index (χ0) is 16.4. The van der Waals surface area contributed by atoms with Gasteiger partial charge in [0, 0.05) is 29.2 Å². The molecule has 2 fully saturated rings. The minimum atomic E-state index is 0.626. The largest absolute Gasteiger partial charge is 0.385 e. The molecule has 0 bridgehead atoms. The van der Waals surface area contributed by atoms with E-state index in [2.05, 4.69) is 39.5 Å². The van der Waals surface area contributed by atoms with Crippen LogP contribution in [-0.4, -0.2) is 35.6 Å². The Hall–Kier alpha value is -1.59. The summed E-state index contributed by atoms with van der Waals surface area (Å²) in [6.45, 7) is 3.71. The summed E-state index contributed by atoms with van der Waals surface area (Å²) >= 11 is 1.49. The van der Waals surface area contributed by atoms with Crippen LogP contribution in [0.1, 0.15) is 32.1 Å². The third-order valence-electron chi connectivity index (χ3n) is 5.50. The van der Waals surface area contributed by atoms with E-state index in [4.69, 9.17) is 5.73 Å². The SMILES string of the molecule is Nc1nc(-c2ccc(NCC3CCCN4CCCCC34)cc2)cs1. The third-order valence-corrected chi connectivity index (χ3v) is 6.17. The summed E-state index contributed by atoms with van der Waals surface area (Å²) in [7, 11) is 0. The van der Waals surface area contributed by atoms with Gasteiger partial charge in [0.05, 0.1) is 5.69 Å². The van der Waals surface area contributed by atoms with Gasteiger partial charge in [0.25, 0.3) is 0 Å². The molecule has 4 rings (SSSR count). The van der Waals surface area contributed by atoms with Gasteiger partial charge in [-0.2, -0.15) is 0 Å². The number of piperidine rings is 2. The molecule has 1 aromatic carbocycles. The number of rotatable bonds is 4. The fourth-order valence-corrected chi connectivity index (χ4v) is 4.82. The summed E-state index contributed by atoms with van der Waals surface area (Å²) in [5.41, 5.74) is 9.02. The van der Waals surface area contributed by atoms with Crippen LogP contribution in [0.15, 0.2) is 29.6 Å². The lowest BCUT2D eigenvalue weighted by molar-refractivity contribution is 0.0649. The molecule has 0 saturated carbocycles. The van der Waals surface area contributed by atoms with Crippen molar-refractivity contribution in [3.63, 3.8) is 0 Å². The van der Waals surface area contributed by atoms with Gasteiger partial charge in [-0.15, -0.1) is 11.3 Å². The molecule has 5 heteroatoms. The van der Waals surface area contributed by atoms with Gasteiger partial charge in [0.15, 0.2) is 5.13 Å². The molecule has 3 heterocycles. The van der Waals surface area contributed by atoms with Gasteiger partial charge in [-0.1, -0.05) is 18.6 Å². The predicted molar refractivity (Wildman–Crippen MR) is 102 cm³/mol. The van der Waals surface area contributed by atoms with Gasteiger partial charge in [-0.25, -0.2) is 4.98 Å². The molecule has 2 saturated heterocycles.